The Balaban J connectivity index is 3.04. The van der Waals surface area contributed by atoms with Gasteiger partial charge in [-0.15, -0.1) is 11.6 Å². The molecule has 1 heterocycles. The molecule has 0 saturated carbocycles. The van der Waals surface area contributed by atoms with Gasteiger partial charge in [-0.05, 0) is 0 Å². The Labute approximate surface area is 57.2 Å². The highest BCUT2D eigenvalue weighted by Gasteiger charge is 2.03. The van der Waals surface area contributed by atoms with Crippen molar-refractivity contribution in [1.82, 2.24) is 9.78 Å². The Kier molecular flexibility index (Phi) is 1.71. The summed E-state index contributed by atoms with van der Waals surface area (Å²) in [5.74, 6) is -0.176. The maximum Gasteiger partial charge on any atom is 0.215 e. The topological polar surface area (TPSA) is 17.8 Å². The van der Waals surface area contributed by atoms with Crippen LogP contribution in [0.4, 0.5) is 4.39 Å². The van der Waals surface area contributed by atoms with Gasteiger partial charge in [0, 0.05) is 12.6 Å². The molecule has 0 amide bonds. The highest BCUT2D eigenvalue weighted by Crippen LogP contribution is 2.06. The quantitative estimate of drug-likeness (QED) is 0.549. The molecule has 1 aromatic heterocycles. The van der Waals surface area contributed by atoms with Crippen LogP contribution >= 0.6 is 11.6 Å². The van der Waals surface area contributed by atoms with Gasteiger partial charge in [0.1, 0.15) is 0 Å². The monoisotopic (exact) mass is 148 g/mol. The van der Waals surface area contributed by atoms with Gasteiger partial charge in [-0.1, -0.05) is 0 Å². The van der Waals surface area contributed by atoms with Crippen LogP contribution in [-0.4, -0.2) is 9.78 Å². The lowest BCUT2D eigenvalue weighted by Crippen LogP contribution is -1.94. The third-order valence-electron chi connectivity index (χ3n) is 1.08. The molecule has 0 aromatic carbocycles. The summed E-state index contributed by atoms with van der Waals surface area (Å²) in [5.41, 5.74) is 0.444. The molecule has 4 heteroatoms. The van der Waals surface area contributed by atoms with Crippen LogP contribution in [0.15, 0.2) is 6.20 Å². The molecule has 0 unspecified atom stereocenters. The molecule has 2 nitrogen and oxygen atoms in total. The smallest absolute Gasteiger partial charge is 0.215 e. The van der Waals surface area contributed by atoms with Crippen LogP contribution in [0.3, 0.4) is 0 Å². The molecule has 0 spiro atoms. The first-order valence-corrected chi connectivity index (χ1v) is 3.01. The highest BCUT2D eigenvalue weighted by atomic mass is 35.5. The molecular formula is C5H6ClFN2. The van der Waals surface area contributed by atoms with E-state index in [-0.39, 0.29) is 11.8 Å². The van der Waals surface area contributed by atoms with Crippen molar-refractivity contribution in [2.45, 2.75) is 5.88 Å². The standard InChI is InChI=1S/C5H6ClFN2/c1-9-5(7)4(2-6)3-8-9/h3H,2H2,1H3. The second kappa shape index (κ2) is 2.35. The number of hydrogen-bond donors (Lipinski definition) is 0. The third kappa shape index (κ3) is 1.05. The van der Waals surface area contributed by atoms with E-state index >= 15 is 0 Å². The molecule has 0 bridgehead atoms. The summed E-state index contributed by atoms with van der Waals surface area (Å²) in [6.07, 6.45) is 1.42. The number of hydrogen-bond acceptors (Lipinski definition) is 1. The van der Waals surface area contributed by atoms with Gasteiger partial charge in [-0.3, -0.25) is 0 Å². The van der Waals surface area contributed by atoms with Crippen LogP contribution in [0.1, 0.15) is 5.56 Å². The van der Waals surface area contributed by atoms with Crippen LogP contribution in [0.5, 0.6) is 0 Å². The van der Waals surface area contributed by atoms with Crippen molar-refractivity contribution in [2.24, 2.45) is 7.05 Å². The van der Waals surface area contributed by atoms with E-state index in [1.165, 1.54) is 13.2 Å². The number of alkyl halides is 1. The van der Waals surface area contributed by atoms with Crippen molar-refractivity contribution in [3.8, 4) is 0 Å². The first-order valence-electron chi connectivity index (χ1n) is 2.48. The van der Waals surface area contributed by atoms with Gasteiger partial charge in [0.15, 0.2) is 0 Å². The first kappa shape index (κ1) is 6.55. The molecular weight excluding hydrogens is 143 g/mol. The minimum atomic E-state index is -0.356. The number of aromatic nitrogens is 2. The summed E-state index contributed by atoms with van der Waals surface area (Å²) in [4.78, 5) is 0. The van der Waals surface area contributed by atoms with E-state index in [1.54, 1.807) is 0 Å². The van der Waals surface area contributed by atoms with E-state index in [0.717, 1.165) is 4.68 Å². The zero-order valence-electron chi connectivity index (χ0n) is 4.93. The lowest BCUT2D eigenvalue weighted by molar-refractivity contribution is 0.498. The molecule has 1 aromatic rings. The molecule has 0 aliphatic heterocycles. The first-order chi connectivity index (χ1) is 4.25. The van der Waals surface area contributed by atoms with Crippen molar-refractivity contribution in [3.63, 3.8) is 0 Å². The predicted molar refractivity (Wildman–Crippen MR) is 32.7 cm³/mol. The zero-order chi connectivity index (χ0) is 6.85. The normalized spacial score (nSPS) is 10.1. The Morgan fingerprint density at radius 2 is 2.56 bits per heavy atom. The lowest BCUT2D eigenvalue weighted by Gasteiger charge is -1.88. The van der Waals surface area contributed by atoms with E-state index in [2.05, 4.69) is 5.10 Å². The Hall–Kier alpha value is -0.570. The molecule has 0 fully saturated rings. The fraction of sp³-hybridized carbons (Fsp3) is 0.400. The highest BCUT2D eigenvalue weighted by molar-refractivity contribution is 6.17. The molecule has 50 valence electrons. The number of aryl methyl sites for hydroxylation is 1. The van der Waals surface area contributed by atoms with Gasteiger partial charge in [-0.25, -0.2) is 4.68 Å². The molecule has 0 radical (unpaired) electrons. The Morgan fingerprint density at radius 1 is 1.89 bits per heavy atom. The maximum atomic E-state index is 12.6. The minimum Gasteiger partial charge on any atom is -0.242 e. The minimum absolute atomic E-state index is 0.180. The molecule has 0 N–H and O–H groups in total. The molecule has 9 heavy (non-hydrogen) atoms. The van der Waals surface area contributed by atoms with Gasteiger partial charge in [0.05, 0.1) is 12.1 Å². The second-order valence-electron chi connectivity index (χ2n) is 1.72. The van der Waals surface area contributed by atoms with Gasteiger partial charge in [-0.2, -0.15) is 9.49 Å². The Morgan fingerprint density at radius 3 is 2.78 bits per heavy atom. The van der Waals surface area contributed by atoms with Crippen LogP contribution in [0.25, 0.3) is 0 Å². The van der Waals surface area contributed by atoms with Crippen molar-refractivity contribution in [1.29, 1.82) is 0 Å². The van der Waals surface area contributed by atoms with Crippen LogP contribution < -0.4 is 0 Å². The summed E-state index contributed by atoms with van der Waals surface area (Å²) in [6.45, 7) is 0. The predicted octanol–water partition coefficient (Wildman–Crippen LogP) is 1.30. The fourth-order valence-corrected chi connectivity index (χ4v) is 0.737. The van der Waals surface area contributed by atoms with Crippen LogP contribution in [0, 0.1) is 5.95 Å². The van der Waals surface area contributed by atoms with Gasteiger partial charge >= 0.3 is 0 Å². The van der Waals surface area contributed by atoms with Crippen molar-refractivity contribution >= 4 is 11.6 Å². The number of nitrogens with zero attached hydrogens (tertiary/aromatic N) is 2. The van der Waals surface area contributed by atoms with Crippen LogP contribution in [-0.2, 0) is 12.9 Å². The lowest BCUT2D eigenvalue weighted by atomic mass is 10.4. The van der Waals surface area contributed by atoms with E-state index in [1.807, 2.05) is 0 Å². The molecule has 0 saturated heterocycles. The van der Waals surface area contributed by atoms with E-state index < -0.39 is 0 Å². The second-order valence-corrected chi connectivity index (χ2v) is 1.99. The van der Waals surface area contributed by atoms with E-state index in [4.69, 9.17) is 11.6 Å². The Bertz CT molecular complexity index is 209. The average molecular weight is 149 g/mol. The fourth-order valence-electron chi connectivity index (χ4n) is 0.558. The molecule has 0 aliphatic rings. The number of halogens is 2. The summed E-state index contributed by atoms with van der Waals surface area (Å²) >= 11 is 5.35. The van der Waals surface area contributed by atoms with Gasteiger partial charge in [0.25, 0.3) is 0 Å². The zero-order valence-corrected chi connectivity index (χ0v) is 5.69. The van der Waals surface area contributed by atoms with Crippen molar-refractivity contribution in [2.75, 3.05) is 0 Å². The molecule has 0 aliphatic carbocycles. The number of rotatable bonds is 1. The molecule has 1 rings (SSSR count). The van der Waals surface area contributed by atoms with Crippen molar-refractivity contribution in [3.05, 3.63) is 17.7 Å². The summed E-state index contributed by atoms with van der Waals surface area (Å²) < 4.78 is 13.7. The van der Waals surface area contributed by atoms with Crippen molar-refractivity contribution < 1.29 is 4.39 Å². The SMILES string of the molecule is Cn1ncc(CCl)c1F. The largest absolute Gasteiger partial charge is 0.242 e. The average Bonchev–Trinajstić information content (AvgIpc) is 2.15. The molecule has 0 atom stereocenters. The van der Waals surface area contributed by atoms with Gasteiger partial charge < -0.3 is 0 Å². The third-order valence-corrected chi connectivity index (χ3v) is 1.37. The summed E-state index contributed by atoms with van der Waals surface area (Å²) in [5, 5.41) is 3.64. The van der Waals surface area contributed by atoms with E-state index in [9.17, 15) is 4.39 Å². The summed E-state index contributed by atoms with van der Waals surface area (Å²) in [7, 11) is 1.53. The summed E-state index contributed by atoms with van der Waals surface area (Å²) in [6, 6.07) is 0. The maximum absolute atomic E-state index is 12.6. The van der Waals surface area contributed by atoms with E-state index in [0.29, 0.717) is 5.56 Å². The van der Waals surface area contributed by atoms with Gasteiger partial charge in [0.2, 0.25) is 5.95 Å². The van der Waals surface area contributed by atoms with Crippen LogP contribution in [0.2, 0.25) is 0 Å².